The number of rotatable bonds is 6. The van der Waals surface area contributed by atoms with Gasteiger partial charge in [0.15, 0.2) is 0 Å². The lowest BCUT2D eigenvalue weighted by Gasteiger charge is -2.17. The molecule has 5 nitrogen and oxygen atoms in total. The molecule has 0 aliphatic carbocycles. The number of aromatic nitrogens is 1. The largest absolute Gasteiger partial charge is 0.478 e. The number of amides is 1. The Bertz CT molecular complexity index is 1310. The van der Waals surface area contributed by atoms with Crippen LogP contribution in [0.1, 0.15) is 50.5 Å². The number of para-hydroxylation sites is 1. The van der Waals surface area contributed by atoms with E-state index in [0.717, 1.165) is 27.7 Å². The van der Waals surface area contributed by atoms with Gasteiger partial charge in [-0.15, -0.1) is 0 Å². The van der Waals surface area contributed by atoms with E-state index in [9.17, 15) is 9.59 Å². The summed E-state index contributed by atoms with van der Waals surface area (Å²) in [5.74, 6) is -1.16. The summed E-state index contributed by atoms with van der Waals surface area (Å²) in [6.45, 7) is 4.51. The summed E-state index contributed by atoms with van der Waals surface area (Å²) < 4.78 is 2.13. The number of hydrogen-bond donors (Lipinski definition) is 2. The van der Waals surface area contributed by atoms with Crippen molar-refractivity contribution in [2.24, 2.45) is 0 Å². The Morgan fingerprint density at radius 3 is 2.44 bits per heavy atom. The molecular formula is C26H23ClN2O3. The zero-order valence-electron chi connectivity index (χ0n) is 17.8. The molecule has 0 bridgehead atoms. The topological polar surface area (TPSA) is 71.3 Å². The molecule has 32 heavy (non-hydrogen) atoms. The summed E-state index contributed by atoms with van der Waals surface area (Å²) in [7, 11) is 0. The van der Waals surface area contributed by atoms with Gasteiger partial charge in [-0.3, -0.25) is 4.79 Å². The Kier molecular flexibility index (Phi) is 6.01. The third-order valence-electron chi connectivity index (χ3n) is 5.61. The minimum absolute atomic E-state index is 0.184. The smallest absolute Gasteiger partial charge is 0.335 e. The van der Waals surface area contributed by atoms with Crippen LogP contribution in [0.25, 0.3) is 10.9 Å². The number of carboxylic acids is 1. The van der Waals surface area contributed by atoms with Crippen LogP contribution < -0.4 is 5.32 Å². The molecule has 1 amide bonds. The minimum atomic E-state index is -0.976. The van der Waals surface area contributed by atoms with Gasteiger partial charge in [0.2, 0.25) is 0 Å². The van der Waals surface area contributed by atoms with Crippen LogP contribution in [0.3, 0.4) is 0 Å². The first-order valence-electron chi connectivity index (χ1n) is 10.3. The van der Waals surface area contributed by atoms with E-state index in [4.69, 9.17) is 16.7 Å². The highest BCUT2D eigenvalue weighted by Crippen LogP contribution is 2.26. The highest BCUT2D eigenvalue weighted by Gasteiger charge is 2.18. The Labute approximate surface area is 191 Å². The van der Waals surface area contributed by atoms with Gasteiger partial charge in [-0.1, -0.05) is 48.0 Å². The van der Waals surface area contributed by atoms with Crippen molar-refractivity contribution in [2.75, 3.05) is 0 Å². The van der Waals surface area contributed by atoms with Crippen molar-refractivity contribution >= 4 is 34.4 Å². The molecule has 4 aromatic rings. The molecule has 1 heterocycles. The molecule has 162 valence electrons. The van der Waals surface area contributed by atoms with Crippen LogP contribution in [0.4, 0.5) is 0 Å². The minimum Gasteiger partial charge on any atom is -0.478 e. The number of halogens is 1. The number of carboxylic acid groups (broad SMARTS) is 1. The predicted octanol–water partition coefficient (Wildman–Crippen LogP) is 5.84. The van der Waals surface area contributed by atoms with Crippen molar-refractivity contribution < 1.29 is 14.7 Å². The van der Waals surface area contributed by atoms with Gasteiger partial charge in [0.1, 0.15) is 0 Å². The maximum absolute atomic E-state index is 13.2. The fourth-order valence-electron chi connectivity index (χ4n) is 3.94. The second kappa shape index (κ2) is 8.89. The Morgan fingerprint density at radius 1 is 1.03 bits per heavy atom. The second-order valence-electron chi connectivity index (χ2n) is 7.87. The molecular weight excluding hydrogens is 424 g/mol. The van der Waals surface area contributed by atoms with E-state index in [0.29, 0.717) is 17.1 Å². The third-order valence-corrected chi connectivity index (χ3v) is 5.84. The number of aromatic carboxylic acids is 1. The standard InChI is InChI=1S/C26H23ClN2O3/c1-16-13-21-6-4-8-23(24(21)29(16)15-18-5-3-7-22(27)14-18)25(30)28-17(2)19-9-11-20(12-10-19)26(31)32/h3-14,17H,15H2,1-2H3,(H,28,30)(H,31,32). The van der Waals surface area contributed by atoms with E-state index in [1.807, 2.05) is 56.3 Å². The van der Waals surface area contributed by atoms with Gasteiger partial charge in [-0.05, 0) is 61.4 Å². The normalized spacial score (nSPS) is 12.0. The van der Waals surface area contributed by atoms with E-state index in [2.05, 4.69) is 16.0 Å². The molecule has 2 N–H and O–H groups in total. The first-order chi connectivity index (χ1) is 15.3. The molecule has 1 unspecified atom stereocenters. The third kappa shape index (κ3) is 4.39. The Morgan fingerprint density at radius 2 is 1.75 bits per heavy atom. The average Bonchev–Trinajstić information content (AvgIpc) is 3.08. The molecule has 0 spiro atoms. The van der Waals surface area contributed by atoms with E-state index < -0.39 is 5.97 Å². The molecule has 4 rings (SSSR count). The van der Waals surface area contributed by atoms with Crippen molar-refractivity contribution in [1.29, 1.82) is 0 Å². The number of hydrogen-bond acceptors (Lipinski definition) is 2. The van der Waals surface area contributed by atoms with Crippen LogP contribution in [0, 0.1) is 6.92 Å². The van der Waals surface area contributed by atoms with E-state index in [-0.39, 0.29) is 17.5 Å². The van der Waals surface area contributed by atoms with Gasteiger partial charge in [0.05, 0.1) is 22.7 Å². The van der Waals surface area contributed by atoms with Gasteiger partial charge in [-0.25, -0.2) is 4.79 Å². The van der Waals surface area contributed by atoms with Gasteiger partial charge >= 0.3 is 5.97 Å². The number of nitrogens with one attached hydrogen (secondary N) is 1. The molecule has 1 aromatic heterocycles. The summed E-state index contributed by atoms with van der Waals surface area (Å²) in [5, 5.41) is 13.8. The highest BCUT2D eigenvalue weighted by molar-refractivity contribution is 6.30. The molecule has 0 aliphatic rings. The lowest BCUT2D eigenvalue weighted by atomic mass is 10.0. The maximum atomic E-state index is 13.2. The average molecular weight is 447 g/mol. The highest BCUT2D eigenvalue weighted by atomic mass is 35.5. The number of fused-ring (bicyclic) bond motifs is 1. The van der Waals surface area contributed by atoms with Crippen LogP contribution in [0.15, 0.2) is 72.8 Å². The number of aryl methyl sites for hydroxylation is 1. The molecule has 0 radical (unpaired) electrons. The van der Waals surface area contributed by atoms with Gasteiger partial charge in [0, 0.05) is 22.6 Å². The van der Waals surface area contributed by atoms with E-state index >= 15 is 0 Å². The van der Waals surface area contributed by atoms with E-state index in [1.165, 1.54) is 0 Å². The van der Waals surface area contributed by atoms with Crippen LogP contribution in [0.2, 0.25) is 5.02 Å². The van der Waals surface area contributed by atoms with Gasteiger partial charge < -0.3 is 15.0 Å². The number of carbonyl (C=O) groups excluding carboxylic acids is 1. The molecule has 1 atom stereocenters. The zero-order chi connectivity index (χ0) is 22.8. The van der Waals surface area contributed by atoms with Crippen molar-refractivity contribution in [1.82, 2.24) is 9.88 Å². The summed E-state index contributed by atoms with van der Waals surface area (Å²) in [6, 6.07) is 21.7. The molecule has 0 fully saturated rings. The number of carbonyl (C=O) groups is 2. The quantitative estimate of drug-likeness (QED) is 0.390. The second-order valence-corrected chi connectivity index (χ2v) is 8.30. The summed E-state index contributed by atoms with van der Waals surface area (Å²) in [4.78, 5) is 24.3. The lowest BCUT2D eigenvalue weighted by Crippen LogP contribution is -2.27. The predicted molar refractivity (Wildman–Crippen MR) is 127 cm³/mol. The molecule has 3 aromatic carbocycles. The first-order valence-corrected chi connectivity index (χ1v) is 10.7. The summed E-state index contributed by atoms with van der Waals surface area (Å²) >= 11 is 6.16. The van der Waals surface area contributed by atoms with Crippen LogP contribution >= 0.6 is 11.6 Å². The van der Waals surface area contributed by atoms with Crippen LogP contribution in [-0.2, 0) is 6.54 Å². The monoisotopic (exact) mass is 446 g/mol. The van der Waals surface area contributed by atoms with Crippen molar-refractivity contribution in [3.63, 3.8) is 0 Å². The Balaban J connectivity index is 1.64. The van der Waals surface area contributed by atoms with Crippen molar-refractivity contribution in [3.05, 3.63) is 106 Å². The fourth-order valence-corrected chi connectivity index (χ4v) is 4.15. The molecule has 0 saturated heterocycles. The molecule has 0 saturated carbocycles. The van der Waals surface area contributed by atoms with Crippen LogP contribution in [0.5, 0.6) is 0 Å². The van der Waals surface area contributed by atoms with Crippen molar-refractivity contribution in [3.8, 4) is 0 Å². The first kappa shape index (κ1) is 21.7. The molecule has 6 heteroatoms. The molecule has 0 aliphatic heterocycles. The van der Waals surface area contributed by atoms with E-state index in [1.54, 1.807) is 24.3 Å². The SMILES string of the molecule is Cc1cc2cccc(C(=O)NC(C)c3ccc(C(=O)O)cc3)c2n1Cc1cccc(Cl)c1. The number of benzene rings is 3. The van der Waals surface area contributed by atoms with Crippen molar-refractivity contribution in [2.45, 2.75) is 26.4 Å². The van der Waals surface area contributed by atoms with Gasteiger partial charge in [-0.2, -0.15) is 0 Å². The van der Waals surface area contributed by atoms with Crippen LogP contribution in [-0.4, -0.2) is 21.6 Å². The summed E-state index contributed by atoms with van der Waals surface area (Å²) in [5.41, 5.74) is 4.62. The summed E-state index contributed by atoms with van der Waals surface area (Å²) in [6.07, 6.45) is 0. The zero-order valence-corrected chi connectivity index (χ0v) is 18.6. The lowest BCUT2D eigenvalue weighted by molar-refractivity contribution is 0.0696. The van der Waals surface area contributed by atoms with Gasteiger partial charge in [0.25, 0.3) is 5.91 Å². The number of nitrogens with zero attached hydrogens (tertiary/aromatic N) is 1. The fraction of sp³-hybridized carbons (Fsp3) is 0.154. The Hall–Kier alpha value is -3.57. The maximum Gasteiger partial charge on any atom is 0.335 e.